The smallest absolute Gasteiger partial charge is 0.164 e. The van der Waals surface area contributed by atoms with E-state index in [0.717, 1.165) is 43.4 Å². The molecule has 128 valence electrons. The minimum absolute atomic E-state index is 0.403. The second-order valence-corrected chi connectivity index (χ2v) is 6.37. The summed E-state index contributed by atoms with van der Waals surface area (Å²) in [6.07, 6.45) is 3.93. The van der Waals surface area contributed by atoms with E-state index in [1.807, 2.05) is 6.07 Å². The fourth-order valence-corrected chi connectivity index (χ4v) is 3.75. The van der Waals surface area contributed by atoms with E-state index in [0.29, 0.717) is 12.0 Å². The molecule has 0 radical (unpaired) electrons. The molecule has 0 amide bonds. The van der Waals surface area contributed by atoms with Gasteiger partial charge in [0.1, 0.15) is 5.75 Å². The minimum Gasteiger partial charge on any atom is -0.496 e. The van der Waals surface area contributed by atoms with E-state index in [1.165, 1.54) is 24.8 Å². The van der Waals surface area contributed by atoms with Gasteiger partial charge in [-0.15, -0.1) is 0 Å². The molecule has 1 N–H and O–H groups in total. The highest BCUT2D eigenvalue weighted by Gasteiger charge is 2.35. The van der Waals surface area contributed by atoms with Gasteiger partial charge in [0, 0.05) is 43.9 Å². The van der Waals surface area contributed by atoms with Crippen molar-refractivity contribution < 1.29 is 14.2 Å². The maximum absolute atomic E-state index is 5.70. The Morgan fingerprint density at radius 3 is 2.09 bits per heavy atom. The van der Waals surface area contributed by atoms with Crippen LogP contribution in [0.2, 0.25) is 0 Å². The molecule has 5 nitrogen and oxygen atoms in total. The third-order valence-electron chi connectivity index (χ3n) is 5.20. The Hall–Kier alpha value is -1.46. The van der Waals surface area contributed by atoms with Crippen LogP contribution in [0, 0.1) is 5.92 Å². The summed E-state index contributed by atoms with van der Waals surface area (Å²) < 4.78 is 16.7. The molecule has 1 aromatic rings. The van der Waals surface area contributed by atoms with E-state index in [2.05, 4.69) is 16.3 Å². The van der Waals surface area contributed by atoms with Gasteiger partial charge in [-0.25, -0.2) is 0 Å². The molecular formula is C18H28N2O3. The van der Waals surface area contributed by atoms with Crippen LogP contribution in [0.3, 0.4) is 0 Å². The monoisotopic (exact) mass is 320 g/mol. The lowest BCUT2D eigenvalue weighted by molar-refractivity contribution is 0.0816. The molecule has 3 rings (SSSR count). The van der Waals surface area contributed by atoms with Crippen LogP contribution in [-0.2, 0) is 0 Å². The SMILES string of the molecule is COc1cc(OC)c([C@@H](C2CCC2)N2CCNCC2)cc1OC. The molecule has 1 aliphatic heterocycles. The van der Waals surface area contributed by atoms with Crippen LogP contribution >= 0.6 is 0 Å². The van der Waals surface area contributed by atoms with Crippen molar-refractivity contribution in [1.29, 1.82) is 0 Å². The fourth-order valence-electron chi connectivity index (χ4n) is 3.75. The first-order chi connectivity index (χ1) is 11.3. The molecule has 1 saturated heterocycles. The highest BCUT2D eigenvalue weighted by Crippen LogP contribution is 2.47. The molecule has 23 heavy (non-hydrogen) atoms. The largest absolute Gasteiger partial charge is 0.496 e. The van der Waals surface area contributed by atoms with Gasteiger partial charge in [0.05, 0.1) is 21.3 Å². The lowest BCUT2D eigenvalue weighted by Gasteiger charge is -2.43. The van der Waals surface area contributed by atoms with Gasteiger partial charge in [-0.2, -0.15) is 0 Å². The number of hydrogen-bond acceptors (Lipinski definition) is 5. The van der Waals surface area contributed by atoms with Crippen LogP contribution in [0.4, 0.5) is 0 Å². The van der Waals surface area contributed by atoms with E-state index in [1.54, 1.807) is 21.3 Å². The molecule has 1 heterocycles. The highest BCUT2D eigenvalue weighted by molar-refractivity contribution is 5.52. The molecule has 1 atom stereocenters. The minimum atomic E-state index is 0.403. The average molecular weight is 320 g/mol. The van der Waals surface area contributed by atoms with Gasteiger partial charge in [-0.05, 0) is 24.8 Å². The molecule has 0 bridgehead atoms. The zero-order valence-corrected chi connectivity index (χ0v) is 14.4. The molecule has 2 fully saturated rings. The first-order valence-electron chi connectivity index (χ1n) is 8.53. The van der Waals surface area contributed by atoms with Crippen LogP contribution < -0.4 is 19.5 Å². The number of nitrogens with one attached hydrogen (secondary N) is 1. The Morgan fingerprint density at radius 1 is 0.957 bits per heavy atom. The van der Waals surface area contributed by atoms with E-state index in [-0.39, 0.29) is 0 Å². The number of nitrogens with zero attached hydrogens (tertiary/aromatic N) is 1. The van der Waals surface area contributed by atoms with Crippen molar-refractivity contribution in [3.8, 4) is 17.2 Å². The van der Waals surface area contributed by atoms with E-state index in [4.69, 9.17) is 14.2 Å². The first-order valence-corrected chi connectivity index (χ1v) is 8.53. The molecule has 2 aliphatic rings. The number of piperazine rings is 1. The quantitative estimate of drug-likeness (QED) is 0.872. The molecule has 0 aromatic heterocycles. The standard InChI is InChI=1S/C18H28N2O3/c1-21-15-12-17(23-3)16(22-2)11-14(15)18(13-5-4-6-13)20-9-7-19-8-10-20/h11-13,18-19H,4-10H2,1-3H3/t18-/m1/s1. The Bertz CT molecular complexity index is 525. The number of hydrogen-bond donors (Lipinski definition) is 1. The molecule has 1 saturated carbocycles. The summed E-state index contributed by atoms with van der Waals surface area (Å²) in [5, 5.41) is 3.45. The Kier molecular flexibility index (Phi) is 5.28. The van der Waals surface area contributed by atoms with Crippen LogP contribution in [0.1, 0.15) is 30.9 Å². The van der Waals surface area contributed by atoms with Gasteiger partial charge in [0.2, 0.25) is 0 Å². The zero-order valence-electron chi connectivity index (χ0n) is 14.4. The third kappa shape index (κ3) is 3.26. The second-order valence-electron chi connectivity index (χ2n) is 6.37. The van der Waals surface area contributed by atoms with Gasteiger partial charge in [0.15, 0.2) is 11.5 Å². The van der Waals surface area contributed by atoms with Crippen LogP contribution in [0.5, 0.6) is 17.2 Å². The number of benzene rings is 1. The van der Waals surface area contributed by atoms with Gasteiger partial charge in [0.25, 0.3) is 0 Å². The van der Waals surface area contributed by atoms with Crippen molar-refractivity contribution in [2.24, 2.45) is 5.92 Å². The molecule has 5 heteroatoms. The van der Waals surface area contributed by atoms with E-state index < -0.39 is 0 Å². The highest BCUT2D eigenvalue weighted by atomic mass is 16.5. The molecule has 0 unspecified atom stereocenters. The summed E-state index contributed by atoms with van der Waals surface area (Å²) in [7, 11) is 5.09. The van der Waals surface area contributed by atoms with Crippen molar-refractivity contribution in [2.75, 3.05) is 47.5 Å². The number of rotatable bonds is 6. The Balaban J connectivity index is 1.99. The lowest BCUT2D eigenvalue weighted by Crippen LogP contribution is -2.47. The van der Waals surface area contributed by atoms with Gasteiger partial charge in [-0.3, -0.25) is 4.90 Å². The van der Waals surface area contributed by atoms with Crippen molar-refractivity contribution in [3.05, 3.63) is 17.7 Å². The van der Waals surface area contributed by atoms with Crippen molar-refractivity contribution in [1.82, 2.24) is 10.2 Å². The van der Waals surface area contributed by atoms with Crippen molar-refractivity contribution >= 4 is 0 Å². The van der Waals surface area contributed by atoms with Gasteiger partial charge >= 0.3 is 0 Å². The van der Waals surface area contributed by atoms with Crippen molar-refractivity contribution in [2.45, 2.75) is 25.3 Å². The summed E-state index contributed by atoms with van der Waals surface area (Å²) in [6.45, 7) is 4.27. The molecular weight excluding hydrogens is 292 g/mol. The van der Waals surface area contributed by atoms with Crippen LogP contribution in [0.25, 0.3) is 0 Å². The predicted octanol–water partition coefficient (Wildman–Crippen LogP) is 2.46. The predicted molar refractivity (Wildman–Crippen MR) is 90.6 cm³/mol. The fraction of sp³-hybridized carbons (Fsp3) is 0.667. The summed E-state index contributed by atoms with van der Waals surface area (Å²) in [5.41, 5.74) is 1.23. The summed E-state index contributed by atoms with van der Waals surface area (Å²) in [4.78, 5) is 2.60. The topological polar surface area (TPSA) is 43.0 Å². The Labute approximate surface area is 138 Å². The van der Waals surface area contributed by atoms with Crippen LogP contribution in [-0.4, -0.2) is 52.4 Å². The van der Waals surface area contributed by atoms with Crippen LogP contribution in [0.15, 0.2) is 12.1 Å². The number of methoxy groups -OCH3 is 3. The normalized spacial score (nSPS) is 20.7. The first kappa shape index (κ1) is 16.4. The van der Waals surface area contributed by atoms with Crippen molar-refractivity contribution in [3.63, 3.8) is 0 Å². The zero-order chi connectivity index (χ0) is 16.2. The van der Waals surface area contributed by atoms with Gasteiger partial charge in [-0.1, -0.05) is 6.42 Å². The number of ether oxygens (including phenoxy) is 3. The van der Waals surface area contributed by atoms with E-state index >= 15 is 0 Å². The second kappa shape index (κ2) is 7.41. The summed E-state index contributed by atoms with van der Waals surface area (Å²) in [5.74, 6) is 3.11. The summed E-state index contributed by atoms with van der Waals surface area (Å²) >= 11 is 0. The molecule has 0 spiro atoms. The molecule has 1 aromatic carbocycles. The van der Waals surface area contributed by atoms with Gasteiger partial charge < -0.3 is 19.5 Å². The lowest BCUT2D eigenvalue weighted by atomic mass is 9.76. The average Bonchev–Trinajstić information content (AvgIpc) is 2.57. The maximum Gasteiger partial charge on any atom is 0.164 e. The Morgan fingerprint density at radius 2 is 1.57 bits per heavy atom. The third-order valence-corrected chi connectivity index (χ3v) is 5.20. The van der Waals surface area contributed by atoms with E-state index in [9.17, 15) is 0 Å². The molecule has 1 aliphatic carbocycles. The maximum atomic E-state index is 5.70. The summed E-state index contributed by atoms with van der Waals surface area (Å²) in [6, 6.07) is 4.48.